The van der Waals surface area contributed by atoms with Crippen LogP contribution in [0.25, 0.3) is 0 Å². The van der Waals surface area contributed by atoms with Crippen molar-refractivity contribution in [3.63, 3.8) is 0 Å². The Morgan fingerprint density at radius 1 is 1.12 bits per heavy atom. The summed E-state index contributed by atoms with van der Waals surface area (Å²) in [6.45, 7) is 4.35. The van der Waals surface area contributed by atoms with E-state index in [2.05, 4.69) is 4.90 Å². The van der Waals surface area contributed by atoms with E-state index in [9.17, 15) is 9.59 Å². The van der Waals surface area contributed by atoms with Crippen LogP contribution in [0, 0.1) is 0 Å². The van der Waals surface area contributed by atoms with Crippen LogP contribution in [-0.4, -0.2) is 54.9 Å². The molecule has 0 radical (unpaired) electrons. The van der Waals surface area contributed by atoms with Crippen LogP contribution in [0.1, 0.15) is 31.2 Å². The second-order valence-corrected chi connectivity index (χ2v) is 6.40. The van der Waals surface area contributed by atoms with E-state index in [1.54, 1.807) is 11.0 Å². The third-order valence-corrected chi connectivity index (χ3v) is 4.60. The number of benzene rings is 1. The molecule has 132 valence electrons. The standard InChI is InChI=1S/C18H25ClN2O3/c19-17-8-4-3-7-16(17)15-24-18(23)21-12-10-20(11-13-21)9-5-1-2-6-14-22/h3-4,7-8,14H,1-2,5-6,9-13,15H2. The Balaban J connectivity index is 1.63. The van der Waals surface area contributed by atoms with Crippen molar-refractivity contribution in [2.24, 2.45) is 0 Å². The Morgan fingerprint density at radius 3 is 2.58 bits per heavy atom. The molecule has 0 aliphatic carbocycles. The average molecular weight is 353 g/mol. The number of aldehydes is 1. The lowest BCUT2D eigenvalue weighted by molar-refractivity contribution is -0.107. The summed E-state index contributed by atoms with van der Waals surface area (Å²) in [7, 11) is 0. The quantitative estimate of drug-likeness (QED) is 0.531. The second-order valence-electron chi connectivity index (χ2n) is 5.99. The van der Waals surface area contributed by atoms with Gasteiger partial charge in [0.2, 0.25) is 0 Å². The Labute approximate surface area is 148 Å². The van der Waals surface area contributed by atoms with Crippen LogP contribution in [0.4, 0.5) is 4.79 Å². The van der Waals surface area contributed by atoms with Gasteiger partial charge in [-0.05, 0) is 25.5 Å². The van der Waals surface area contributed by atoms with Crippen LogP contribution in [0.2, 0.25) is 5.02 Å². The summed E-state index contributed by atoms with van der Waals surface area (Å²) in [5.41, 5.74) is 0.821. The largest absolute Gasteiger partial charge is 0.444 e. The molecule has 1 fully saturated rings. The van der Waals surface area contributed by atoms with E-state index in [1.165, 1.54) is 0 Å². The molecule has 1 amide bonds. The molecule has 1 saturated heterocycles. The third kappa shape index (κ3) is 6.13. The Hall–Kier alpha value is -1.59. The minimum absolute atomic E-state index is 0.204. The van der Waals surface area contributed by atoms with Gasteiger partial charge in [0.25, 0.3) is 0 Å². The molecule has 2 rings (SSSR count). The topological polar surface area (TPSA) is 49.9 Å². The fraction of sp³-hybridized carbons (Fsp3) is 0.556. The normalized spacial score (nSPS) is 15.3. The molecule has 0 bridgehead atoms. The van der Waals surface area contributed by atoms with E-state index in [-0.39, 0.29) is 12.7 Å². The molecule has 0 aromatic heterocycles. The summed E-state index contributed by atoms with van der Waals surface area (Å²) in [6, 6.07) is 7.38. The van der Waals surface area contributed by atoms with Gasteiger partial charge < -0.3 is 14.4 Å². The van der Waals surface area contributed by atoms with Crippen LogP contribution < -0.4 is 0 Å². The first kappa shape index (κ1) is 18.7. The number of hydrogen-bond acceptors (Lipinski definition) is 4. The number of hydrogen-bond donors (Lipinski definition) is 0. The fourth-order valence-electron chi connectivity index (χ4n) is 2.74. The highest BCUT2D eigenvalue weighted by atomic mass is 35.5. The Morgan fingerprint density at radius 2 is 1.88 bits per heavy atom. The molecular formula is C18H25ClN2O3. The molecule has 1 aromatic carbocycles. The minimum atomic E-state index is -0.277. The molecule has 24 heavy (non-hydrogen) atoms. The van der Waals surface area contributed by atoms with Crippen molar-refractivity contribution in [2.75, 3.05) is 32.7 Å². The number of halogens is 1. The van der Waals surface area contributed by atoms with Crippen LogP contribution in [-0.2, 0) is 16.1 Å². The minimum Gasteiger partial charge on any atom is -0.444 e. The van der Waals surface area contributed by atoms with E-state index >= 15 is 0 Å². The summed E-state index contributed by atoms with van der Waals surface area (Å²) >= 11 is 6.06. The molecule has 0 spiro atoms. The molecule has 0 unspecified atom stereocenters. The van der Waals surface area contributed by atoms with E-state index in [1.807, 2.05) is 18.2 Å². The molecule has 6 heteroatoms. The van der Waals surface area contributed by atoms with Gasteiger partial charge in [-0.25, -0.2) is 4.79 Å². The van der Waals surface area contributed by atoms with Crippen molar-refractivity contribution >= 4 is 24.0 Å². The molecule has 1 heterocycles. The number of carbonyl (C=O) groups is 2. The molecular weight excluding hydrogens is 328 g/mol. The van der Waals surface area contributed by atoms with Gasteiger partial charge >= 0.3 is 6.09 Å². The summed E-state index contributed by atoms with van der Waals surface area (Å²) < 4.78 is 5.36. The maximum Gasteiger partial charge on any atom is 0.410 e. The summed E-state index contributed by atoms with van der Waals surface area (Å²) in [5.74, 6) is 0. The van der Waals surface area contributed by atoms with Crippen LogP contribution in [0.5, 0.6) is 0 Å². The molecule has 1 aromatic rings. The van der Waals surface area contributed by atoms with Gasteiger partial charge in [-0.15, -0.1) is 0 Å². The number of ether oxygens (including phenoxy) is 1. The van der Waals surface area contributed by atoms with Crippen LogP contribution in [0.3, 0.4) is 0 Å². The molecule has 0 atom stereocenters. The van der Waals surface area contributed by atoms with Crippen molar-refractivity contribution in [1.29, 1.82) is 0 Å². The first-order chi connectivity index (χ1) is 11.7. The predicted molar refractivity (Wildman–Crippen MR) is 94.2 cm³/mol. The summed E-state index contributed by atoms with van der Waals surface area (Å²) in [6.07, 6.45) is 4.51. The number of unbranched alkanes of at least 4 members (excludes halogenated alkanes) is 3. The van der Waals surface area contributed by atoms with Gasteiger partial charge in [0.15, 0.2) is 0 Å². The van der Waals surface area contributed by atoms with Crippen molar-refractivity contribution in [3.8, 4) is 0 Å². The summed E-state index contributed by atoms with van der Waals surface area (Å²) in [5, 5.41) is 0.615. The molecule has 0 saturated carbocycles. The third-order valence-electron chi connectivity index (χ3n) is 4.24. The monoisotopic (exact) mass is 352 g/mol. The van der Waals surface area contributed by atoms with Crippen molar-refractivity contribution in [3.05, 3.63) is 34.9 Å². The van der Waals surface area contributed by atoms with Gasteiger partial charge in [-0.1, -0.05) is 36.2 Å². The summed E-state index contributed by atoms with van der Waals surface area (Å²) in [4.78, 5) is 26.5. The number of nitrogens with zero attached hydrogens (tertiary/aromatic N) is 2. The Bertz CT molecular complexity index is 531. The second kappa shape index (κ2) is 10.3. The highest BCUT2D eigenvalue weighted by Gasteiger charge is 2.21. The zero-order valence-corrected chi connectivity index (χ0v) is 14.7. The highest BCUT2D eigenvalue weighted by Crippen LogP contribution is 2.16. The van der Waals surface area contributed by atoms with E-state index in [0.29, 0.717) is 24.5 Å². The van der Waals surface area contributed by atoms with Crippen molar-refractivity contribution < 1.29 is 14.3 Å². The zero-order valence-electron chi connectivity index (χ0n) is 14.0. The SMILES string of the molecule is O=CCCCCCN1CCN(C(=O)OCc2ccccc2Cl)CC1. The Kier molecular flexibility index (Phi) is 8.05. The van der Waals surface area contributed by atoms with Gasteiger partial charge in [0.1, 0.15) is 12.9 Å². The van der Waals surface area contributed by atoms with Crippen molar-refractivity contribution in [1.82, 2.24) is 9.80 Å². The van der Waals surface area contributed by atoms with Gasteiger partial charge in [-0.3, -0.25) is 4.90 Å². The fourth-order valence-corrected chi connectivity index (χ4v) is 2.93. The number of piperazine rings is 1. The number of carbonyl (C=O) groups excluding carboxylic acids is 2. The van der Waals surface area contributed by atoms with E-state index in [4.69, 9.17) is 16.3 Å². The van der Waals surface area contributed by atoms with Crippen LogP contribution >= 0.6 is 11.6 Å². The zero-order chi connectivity index (χ0) is 17.2. The maximum atomic E-state index is 12.1. The highest BCUT2D eigenvalue weighted by molar-refractivity contribution is 6.31. The first-order valence-corrected chi connectivity index (χ1v) is 8.89. The molecule has 0 N–H and O–H groups in total. The predicted octanol–water partition coefficient (Wildman–Crippen LogP) is 3.35. The van der Waals surface area contributed by atoms with E-state index in [0.717, 1.165) is 50.7 Å². The lowest BCUT2D eigenvalue weighted by atomic mass is 10.2. The number of rotatable bonds is 8. The van der Waals surface area contributed by atoms with Gasteiger partial charge in [0, 0.05) is 43.2 Å². The van der Waals surface area contributed by atoms with Crippen LogP contribution in [0.15, 0.2) is 24.3 Å². The first-order valence-electron chi connectivity index (χ1n) is 8.52. The smallest absolute Gasteiger partial charge is 0.410 e. The van der Waals surface area contributed by atoms with Crippen molar-refractivity contribution in [2.45, 2.75) is 32.3 Å². The molecule has 1 aliphatic heterocycles. The molecule has 5 nitrogen and oxygen atoms in total. The average Bonchev–Trinajstić information content (AvgIpc) is 2.61. The molecule has 1 aliphatic rings. The van der Waals surface area contributed by atoms with E-state index < -0.39 is 0 Å². The number of amides is 1. The lowest BCUT2D eigenvalue weighted by Crippen LogP contribution is -2.48. The van der Waals surface area contributed by atoms with Gasteiger partial charge in [0.05, 0.1) is 0 Å². The maximum absolute atomic E-state index is 12.1. The van der Waals surface area contributed by atoms with Gasteiger partial charge in [-0.2, -0.15) is 0 Å². The lowest BCUT2D eigenvalue weighted by Gasteiger charge is -2.34.